The number of hydrogen-bond donors (Lipinski definition) is 2. The van der Waals surface area contributed by atoms with Crippen LogP contribution >= 0.6 is 47.5 Å². The Kier molecular flexibility index (Phi) is 8.26. The molecule has 1 aliphatic rings. The lowest BCUT2D eigenvalue weighted by atomic mass is 9.94. The van der Waals surface area contributed by atoms with E-state index >= 15 is 0 Å². The molecule has 0 aliphatic carbocycles. The maximum Gasteiger partial charge on any atom is 0.226 e. The van der Waals surface area contributed by atoms with Gasteiger partial charge in [-0.05, 0) is 35.5 Å². The molecule has 144 valence electrons. The van der Waals surface area contributed by atoms with Crippen LogP contribution in [-0.4, -0.2) is 24.0 Å². The van der Waals surface area contributed by atoms with Gasteiger partial charge in [-0.15, -0.1) is 47.5 Å². The SMILES string of the molecule is Cl.Cl.O=C(Cc1csc(-c2cccs2)n1)NCC1NCCc2ccccc21. The minimum atomic E-state index is 0. The highest BCUT2D eigenvalue weighted by molar-refractivity contribution is 7.20. The zero-order chi connectivity index (χ0) is 17.1. The first-order valence-corrected chi connectivity index (χ1v) is 10.1. The molecule has 3 heterocycles. The molecule has 4 rings (SSSR count). The Morgan fingerprint density at radius 1 is 1.19 bits per heavy atom. The lowest BCUT2D eigenvalue weighted by Gasteiger charge is -2.27. The van der Waals surface area contributed by atoms with Crippen molar-refractivity contribution in [2.24, 2.45) is 0 Å². The number of hydrogen-bond acceptors (Lipinski definition) is 5. The summed E-state index contributed by atoms with van der Waals surface area (Å²) in [5.74, 6) is 0.0212. The van der Waals surface area contributed by atoms with E-state index in [1.807, 2.05) is 16.8 Å². The van der Waals surface area contributed by atoms with Crippen molar-refractivity contribution in [2.75, 3.05) is 13.1 Å². The molecule has 4 nitrogen and oxygen atoms in total. The summed E-state index contributed by atoms with van der Waals surface area (Å²) in [4.78, 5) is 18.0. The van der Waals surface area contributed by atoms with Crippen LogP contribution < -0.4 is 10.6 Å². The Bertz CT molecular complexity index is 867. The monoisotopic (exact) mass is 441 g/mol. The summed E-state index contributed by atoms with van der Waals surface area (Å²) in [6.45, 7) is 1.56. The van der Waals surface area contributed by atoms with Crippen LogP contribution in [-0.2, 0) is 17.6 Å². The first kappa shape index (κ1) is 21.9. The number of benzene rings is 1. The first-order chi connectivity index (χ1) is 12.3. The minimum Gasteiger partial charge on any atom is -0.354 e. The maximum atomic E-state index is 12.3. The molecule has 0 saturated heterocycles. The molecule has 1 atom stereocenters. The number of halogens is 2. The van der Waals surface area contributed by atoms with Crippen molar-refractivity contribution in [3.8, 4) is 9.88 Å². The lowest BCUT2D eigenvalue weighted by Crippen LogP contribution is -2.39. The van der Waals surface area contributed by atoms with Gasteiger partial charge in [0, 0.05) is 18.0 Å². The number of aromatic nitrogens is 1. The van der Waals surface area contributed by atoms with E-state index in [9.17, 15) is 4.79 Å². The van der Waals surface area contributed by atoms with Crippen LogP contribution in [0.2, 0.25) is 0 Å². The van der Waals surface area contributed by atoms with Crippen molar-refractivity contribution < 1.29 is 4.79 Å². The smallest absolute Gasteiger partial charge is 0.226 e. The average Bonchev–Trinajstić information content (AvgIpc) is 3.31. The van der Waals surface area contributed by atoms with Gasteiger partial charge in [0.25, 0.3) is 0 Å². The Hall–Kier alpha value is -1.44. The van der Waals surface area contributed by atoms with Crippen LogP contribution in [0, 0.1) is 0 Å². The fourth-order valence-electron chi connectivity index (χ4n) is 3.12. The Balaban J connectivity index is 0.00000131. The molecule has 0 radical (unpaired) electrons. The molecule has 2 N–H and O–H groups in total. The normalized spacial score (nSPS) is 15.2. The van der Waals surface area contributed by atoms with Gasteiger partial charge in [0.15, 0.2) is 0 Å². The third-order valence-corrected chi connectivity index (χ3v) is 6.27. The summed E-state index contributed by atoms with van der Waals surface area (Å²) in [5.41, 5.74) is 3.51. The zero-order valence-corrected chi connectivity index (χ0v) is 17.8. The van der Waals surface area contributed by atoms with E-state index in [1.54, 1.807) is 22.7 Å². The second-order valence-corrected chi connectivity index (χ2v) is 7.86. The van der Waals surface area contributed by atoms with Crippen molar-refractivity contribution in [2.45, 2.75) is 18.9 Å². The summed E-state index contributed by atoms with van der Waals surface area (Å²) in [6, 6.07) is 12.7. The molecule has 3 aromatic rings. The molecule has 0 saturated carbocycles. The van der Waals surface area contributed by atoms with Crippen molar-refractivity contribution in [3.63, 3.8) is 0 Å². The number of fused-ring (bicyclic) bond motifs is 1. The van der Waals surface area contributed by atoms with Crippen LogP contribution in [0.15, 0.2) is 47.2 Å². The van der Waals surface area contributed by atoms with Crippen LogP contribution in [0.4, 0.5) is 0 Å². The first-order valence-electron chi connectivity index (χ1n) is 8.36. The number of carbonyl (C=O) groups excluding carboxylic acids is 1. The van der Waals surface area contributed by atoms with E-state index in [1.165, 1.54) is 11.1 Å². The molecule has 1 aromatic carbocycles. The van der Waals surface area contributed by atoms with Crippen LogP contribution in [0.25, 0.3) is 9.88 Å². The summed E-state index contributed by atoms with van der Waals surface area (Å²) < 4.78 is 0. The molecule has 0 spiro atoms. The van der Waals surface area contributed by atoms with Gasteiger partial charge in [-0.2, -0.15) is 0 Å². The van der Waals surface area contributed by atoms with Gasteiger partial charge in [0.2, 0.25) is 5.91 Å². The van der Waals surface area contributed by atoms with Gasteiger partial charge >= 0.3 is 0 Å². The largest absolute Gasteiger partial charge is 0.354 e. The Morgan fingerprint density at radius 3 is 2.85 bits per heavy atom. The molecule has 1 unspecified atom stereocenters. The maximum absolute atomic E-state index is 12.3. The number of nitrogens with one attached hydrogen (secondary N) is 2. The molecule has 2 aromatic heterocycles. The predicted octanol–water partition coefficient (Wildman–Crippen LogP) is 4.26. The zero-order valence-electron chi connectivity index (χ0n) is 14.5. The summed E-state index contributed by atoms with van der Waals surface area (Å²) in [5, 5.41) is 11.5. The molecule has 1 amide bonds. The van der Waals surface area contributed by atoms with Crippen LogP contribution in [0.5, 0.6) is 0 Å². The molecule has 27 heavy (non-hydrogen) atoms. The number of thiazole rings is 1. The average molecular weight is 442 g/mol. The molecular formula is C19H21Cl2N3OS2. The summed E-state index contributed by atoms with van der Waals surface area (Å²) in [7, 11) is 0. The number of nitrogens with zero attached hydrogens (tertiary/aromatic N) is 1. The summed E-state index contributed by atoms with van der Waals surface area (Å²) >= 11 is 3.26. The van der Waals surface area contributed by atoms with Gasteiger partial charge < -0.3 is 10.6 Å². The fourth-order valence-corrected chi connectivity index (χ4v) is 4.75. The molecule has 8 heteroatoms. The highest BCUT2D eigenvalue weighted by Gasteiger charge is 2.19. The summed E-state index contributed by atoms with van der Waals surface area (Å²) in [6.07, 6.45) is 1.38. The third-order valence-electron chi connectivity index (χ3n) is 4.34. The van der Waals surface area contributed by atoms with E-state index in [2.05, 4.69) is 45.9 Å². The number of thiophene rings is 1. The van der Waals surface area contributed by atoms with E-state index in [0.29, 0.717) is 13.0 Å². The van der Waals surface area contributed by atoms with Crippen LogP contribution in [0.1, 0.15) is 22.9 Å². The predicted molar refractivity (Wildman–Crippen MR) is 118 cm³/mol. The van der Waals surface area contributed by atoms with Crippen molar-refractivity contribution in [3.05, 3.63) is 64.0 Å². The number of carbonyl (C=O) groups is 1. The van der Waals surface area contributed by atoms with Gasteiger partial charge in [-0.3, -0.25) is 4.79 Å². The van der Waals surface area contributed by atoms with E-state index in [0.717, 1.165) is 28.5 Å². The topological polar surface area (TPSA) is 54.0 Å². The Labute approximate surface area is 179 Å². The van der Waals surface area contributed by atoms with Crippen molar-refractivity contribution in [1.82, 2.24) is 15.6 Å². The second kappa shape index (κ2) is 10.2. The standard InChI is InChI=1S/C19H19N3OS2.2ClH/c23-18(10-14-12-25-19(22-14)17-6-3-9-24-17)21-11-16-15-5-2-1-4-13(15)7-8-20-16;;/h1-6,9,12,16,20H,7-8,10-11H2,(H,21,23);2*1H. The number of amides is 1. The molecule has 0 fully saturated rings. The van der Waals surface area contributed by atoms with Crippen molar-refractivity contribution >= 4 is 53.4 Å². The van der Waals surface area contributed by atoms with Gasteiger partial charge in [0.05, 0.1) is 17.0 Å². The Morgan fingerprint density at radius 2 is 2.04 bits per heavy atom. The van der Waals surface area contributed by atoms with Gasteiger partial charge in [-0.1, -0.05) is 30.3 Å². The fraction of sp³-hybridized carbons (Fsp3) is 0.263. The van der Waals surface area contributed by atoms with Crippen molar-refractivity contribution in [1.29, 1.82) is 0 Å². The molecule has 0 bridgehead atoms. The van der Waals surface area contributed by atoms with Crippen LogP contribution in [0.3, 0.4) is 0 Å². The van der Waals surface area contributed by atoms with Gasteiger partial charge in [-0.25, -0.2) is 4.98 Å². The van der Waals surface area contributed by atoms with Gasteiger partial charge in [0.1, 0.15) is 5.01 Å². The quantitative estimate of drug-likeness (QED) is 0.621. The lowest BCUT2D eigenvalue weighted by molar-refractivity contribution is -0.120. The molecular weight excluding hydrogens is 421 g/mol. The highest BCUT2D eigenvalue weighted by Crippen LogP contribution is 2.28. The van der Waals surface area contributed by atoms with E-state index in [-0.39, 0.29) is 36.8 Å². The third kappa shape index (κ3) is 5.30. The van der Waals surface area contributed by atoms with E-state index in [4.69, 9.17) is 0 Å². The minimum absolute atomic E-state index is 0. The van der Waals surface area contributed by atoms with E-state index < -0.39 is 0 Å². The number of rotatable bonds is 5. The highest BCUT2D eigenvalue weighted by atomic mass is 35.5. The molecule has 1 aliphatic heterocycles. The second-order valence-electron chi connectivity index (χ2n) is 6.06.